The van der Waals surface area contributed by atoms with Crippen LogP contribution in [0.2, 0.25) is 0 Å². The highest BCUT2D eigenvalue weighted by Crippen LogP contribution is 2.13. The molecule has 2 nitrogen and oxygen atoms in total. The molecular formula is C24H52N2. The molecule has 0 saturated heterocycles. The van der Waals surface area contributed by atoms with Gasteiger partial charge in [0.2, 0.25) is 0 Å². The molecule has 1 unspecified atom stereocenters. The van der Waals surface area contributed by atoms with Crippen molar-refractivity contribution < 1.29 is 0 Å². The number of hydrogen-bond acceptors (Lipinski definition) is 2. The molecule has 0 aromatic carbocycles. The minimum Gasteiger partial charge on any atom is -0.302 e. The number of hydrogen-bond donors (Lipinski definition) is 1. The fourth-order valence-corrected chi connectivity index (χ4v) is 3.88. The summed E-state index contributed by atoms with van der Waals surface area (Å²) in [6.07, 6.45) is 23.7. The van der Waals surface area contributed by atoms with Crippen LogP contribution in [0.25, 0.3) is 0 Å². The predicted octanol–water partition coefficient (Wildman–Crippen LogP) is 7.53. The van der Waals surface area contributed by atoms with E-state index in [-0.39, 0.29) is 0 Å². The molecule has 0 heterocycles. The zero-order valence-corrected chi connectivity index (χ0v) is 19.0. The van der Waals surface area contributed by atoms with Gasteiger partial charge in [-0.1, -0.05) is 117 Å². The molecule has 0 rings (SSSR count). The Hall–Kier alpha value is -0.0800. The highest BCUT2D eigenvalue weighted by atomic mass is 15.2. The van der Waals surface area contributed by atoms with Gasteiger partial charge < -0.3 is 5.32 Å². The smallest absolute Gasteiger partial charge is 0.0567 e. The lowest BCUT2D eigenvalue weighted by atomic mass is 10.0. The fourth-order valence-electron chi connectivity index (χ4n) is 3.88. The molecule has 0 amide bonds. The van der Waals surface area contributed by atoms with Crippen molar-refractivity contribution in [3.05, 3.63) is 0 Å². The van der Waals surface area contributed by atoms with E-state index in [0.717, 1.165) is 13.1 Å². The molecule has 0 aromatic rings. The van der Waals surface area contributed by atoms with Crippen LogP contribution in [0, 0.1) is 0 Å². The van der Waals surface area contributed by atoms with Gasteiger partial charge in [0.25, 0.3) is 0 Å². The van der Waals surface area contributed by atoms with E-state index in [9.17, 15) is 0 Å². The largest absolute Gasteiger partial charge is 0.302 e. The van der Waals surface area contributed by atoms with Gasteiger partial charge in [0.05, 0.1) is 6.17 Å². The van der Waals surface area contributed by atoms with Crippen LogP contribution in [-0.2, 0) is 0 Å². The van der Waals surface area contributed by atoms with Crippen molar-refractivity contribution in [2.45, 2.75) is 137 Å². The molecule has 0 fully saturated rings. The Morgan fingerprint density at radius 2 is 0.885 bits per heavy atom. The summed E-state index contributed by atoms with van der Waals surface area (Å²) in [6, 6.07) is 0. The van der Waals surface area contributed by atoms with E-state index >= 15 is 0 Å². The lowest BCUT2D eigenvalue weighted by molar-refractivity contribution is 0.196. The Morgan fingerprint density at radius 1 is 0.538 bits per heavy atom. The first-order valence-corrected chi connectivity index (χ1v) is 12.2. The Morgan fingerprint density at radius 3 is 1.23 bits per heavy atom. The zero-order chi connectivity index (χ0) is 19.3. The van der Waals surface area contributed by atoms with Gasteiger partial charge in [0.1, 0.15) is 0 Å². The summed E-state index contributed by atoms with van der Waals surface area (Å²) < 4.78 is 0. The van der Waals surface area contributed by atoms with Crippen molar-refractivity contribution in [3.63, 3.8) is 0 Å². The maximum atomic E-state index is 3.66. The molecule has 26 heavy (non-hydrogen) atoms. The SMILES string of the molecule is CCCCCCCCCCCCCCCCCCNC(C)N(CC)CC. The summed E-state index contributed by atoms with van der Waals surface area (Å²) in [7, 11) is 0. The van der Waals surface area contributed by atoms with E-state index in [4.69, 9.17) is 0 Å². The number of nitrogens with one attached hydrogen (secondary N) is 1. The van der Waals surface area contributed by atoms with Crippen LogP contribution in [0.4, 0.5) is 0 Å². The van der Waals surface area contributed by atoms with Crippen molar-refractivity contribution in [1.29, 1.82) is 0 Å². The molecule has 158 valence electrons. The van der Waals surface area contributed by atoms with Crippen LogP contribution in [0.5, 0.6) is 0 Å². The van der Waals surface area contributed by atoms with Crippen LogP contribution < -0.4 is 5.32 Å². The fraction of sp³-hybridized carbons (Fsp3) is 1.00. The predicted molar refractivity (Wildman–Crippen MR) is 120 cm³/mol. The first-order valence-electron chi connectivity index (χ1n) is 12.2. The first kappa shape index (κ1) is 25.9. The summed E-state index contributed by atoms with van der Waals surface area (Å²) in [6.45, 7) is 12.5. The van der Waals surface area contributed by atoms with Crippen molar-refractivity contribution in [1.82, 2.24) is 10.2 Å². The molecule has 2 heteroatoms. The standard InChI is InChI=1S/C24H52N2/c1-5-8-9-10-11-12-13-14-15-16-17-18-19-20-21-22-23-25-24(4)26(6-2)7-3/h24-25H,5-23H2,1-4H3. The highest BCUT2D eigenvalue weighted by Gasteiger charge is 2.07. The van der Waals surface area contributed by atoms with Crippen LogP contribution in [0.3, 0.4) is 0 Å². The number of unbranched alkanes of at least 4 members (excludes halogenated alkanes) is 15. The molecule has 0 aromatic heterocycles. The van der Waals surface area contributed by atoms with Crippen molar-refractivity contribution in [3.8, 4) is 0 Å². The second kappa shape index (κ2) is 21.2. The van der Waals surface area contributed by atoms with Gasteiger partial charge in [-0.05, 0) is 33.0 Å². The maximum absolute atomic E-state index is 3.66. The molecular weight excluding hydrogens is 316 g/mol. The van der Waals surface area contributed by atoms with Gasteiger partial charge >= 0.3 is 0 Å². The Balaban J connectivity index is 3.13. The summed E-state index contributed by atoms with van der Waals surface area (Å²) in [4.78, 5) is 2.48. The minimum absolute atomic E-state index is 0.529. The van der Waals surface area contributed by atoms with Gasteiger partial charge in [-0.15, -0.1) is 0 Å². The van der Waals surface area contributed by atoms with Crippen molar-refractivity contribution in [2.24, 2.45) is 0 Å². The van der Waals surface area contributed by atoms with Crippen LogP contribution in [0.1, 0.15) is 130 Å². The summed E-state index contributed by atoms with van der Waals surface area (Å²) in [5.74, 6) is 0. The van der Waals surface area contributed by atoms with Crippen molar-refractivity contribution in [2.75, 3.05) is 19.6 Å². The Kier molecular flexibility index (Phi) is 21.2. The minimum atomic E-state index is 0.529. The average Bonchev–Trinajstić information content (AvgIpc) is 2.65. The van der Waals surface area contributed by atoms with E-state index in [0.29, 0.717) is 6.17 Å². The molecule has 0 radical (unpaired) electrons. The molecule has 0 bridgehead atoms. The van der Waals surface area contributed by atoms with Crippen LogP contribution >= 0.6 is 0 Å². The van der Waals surface area contributed by atoms with Gasteiger partial charge in [0, 0.05) is 0 Å². The average molecular weight is 369 g/mol. The molecule has 1 N–H and O–H groups in total. The third-order valence-electron chi connectivity index (χ3n) is 5.83. The normalized spacial score (nSPS) is 12.8. The van der Waals surface area contributed by atoms with E-state index < -0.39 is 0 Å². The maximum Gasteiger partial charge on any atom is 0.0567 e. The van der Waals surface area contributed by atoms with E-state index in [1.807, 2.05) is 0 Å². The first-order chi connectivity index (χ1) is 12.8. The van der Waals surface area contributed by atoms with Crippen LogP contribution in [0.15, 0.2) is 0 Å². The second-order valence-electron chi connectivity index (χ2n) is 8.15. The molecule has 1 atom stereocenters. The molecule has 0 spiro atoms. The molecule has 0 saturated carbocycles. The lowest BCUT2D eigenvalue weighted by Gasteiger charge is -2.27. The third kappa shape index (κ3) is 17.3. The molecule has 0 aliphatic heterocycles. The van der Waals surface area contributed by atoms with Crippen molar-refractivity contribution >= 4 is 0 Å². The third-order valence-corrected chi connectivity index (χ3v) is 5.83. The summed E-state index contributed by atoms with van der Waals surface area (Å²) >= 11 is 0. The Bertz CT molecular complexity index is 251. The topological polar surface area (TPSA) is 15.3 Å². The van der Waals surface area contributed by atoms with E-state index in [1.165, 1.54) is 109 Å². The van der Waals surface area contributed by atoms with Gasteiger partial charge in [-0.3, -0.25) is 4.90 Å². The molecule has 0 aliphatic rings. The lowest BCUT2D eigenvalue weighted by Crippen LogP contribution is -2.43. The second-order valence-corrected chi connectivity index (χ2v) is 8.15. The molecule has 0 aliphatic carbocycles. The van der Waals surface area contributed by atoms with E-state index in [1.54, 1.807) is 0 Å². The van der Waals surface area contributed by atoms with Crippen LogP contribution in [-0.4, -0.2) is 30.7 Å². The summed E-state index contributed by atoms with van der Waals surface area (Å²) in [5, 5.41) is 3.66. The van der Waals surface area contributed by atoms with Gasteiger partial charge in [0.15, 0.2) is 0 Å². The van der Waals surface area contributed by atoms with Gasteiger partial charge in [-0.2, -0.15) is 0 Å². The van der Waals surface area contributed by atoms with E-state index in [2.05, 4.69) is 37.9 Å². The number of rotatable bonds is 21. The summed E-state index contributed by atoms with van der Waals surface area (Å²) in [5.41, 5.74) is 0. The highest BCUT2D eigenvalue weighted by molar-refractivity contribution is 4.62. The monoisotopic (exact) mass is 368 g/mol. The zero-order valence-electron chi connectivity index (χ0n) is 19.0. The Labute approximate surface area is 166 Å². The number of nitrogens with zero attached hydrogens (tertiary/aromatic N) is 1. The van der Waals surface area contributed by atoms with Gasteiger partial charge in [-0.25, -0.2) is 0 Å². The quantitative estimate of drug-likeness (QED) is 0.166.